The number of para-hydroxylation sites is 2. The number of aromatic nitrogens is 1. The van der Waals surface area contributed by atoms with Gasteiger partial charge in [-0.15, -0.1) is 11.3 Å². The van der Waals surface area contributed by atoms with Crippen LogP contribution in [0.1, 0.15) is 39.7 Å². The molecule has 0 bridgehead atoms. The van der Waals surface area contributed by atoms with Crippen molar-refractivity contribution >= 4 is 33.1 Å². The van der Waals surface area contributed by atoms with Crippen molar-refractivity contribution in [3.8, 4) is 0 Å². The average Bonchev–Trinajstić information content (AvgIpc) is 3.11. The molecule has 0 N–H and O–H groups in total. The quantitative estimate of drug-likeness (QED) is 0.493. The summed E-state index contributed by atoms with van der Waals surface area (Å²) in [4.78, 5) is 30.3. The third kappa shape index (κ3) is 3.30. The van der Waals surface area contributed by atoms with E-state index in [0.29, 0.717) is 24.6 Å². The van der Waals surface area contributed by atoms with Gasteiger partial charge in [0.05, 0.1) is 20.1 Å². The number of nitro benzene ring substituents is 1. The number of hydrogen-bond donors (Lipinski definition) is 0. The van der Waals surface area contributed by atoms with E-state index in [1.165, 1.54) is 4.70 Å². The maximum absolute atomic E-state index is 12.9. The second-order valence-corrected chi connectivity index (χ2v) is 7.88. The Bertz CT molecular complexity index is 989. The highest BCUT2D eigenvalue weighted by Gasteiger charge is 2.30. The van der Waals surface area contributed by atoms with Crippen LogP contribution in [0.4, 0.5) is 5.69 Å². The van der Waals surface area contributed by atoms with Crippen molar-refractivity contribution in [2.45, 2.75) is 25.7 Å². The Balaban J connectivity index is 1.50. The van der Waals surface area contributed by atoms with Crippen LogP contribution in [0.15, 0.2) is 42.5 Å². The van der Waals surface area contributed by atoms with E-state index in [1.807, 2.05) is 18.2 Å². The number of nitro groups is 1. The molecular weight excluding hydrogens is 362 g/mol. The lowest BCUT2D eigenvalue weighted by Crippen LogP contribution is -2.38. The second kappa shape index (κ2) is 7.08. The number of rotatable bonds is 3. The molecule has 27 heavy (non-hydrogen) atoms. The van der Waals surface area contributed by atoms with Gasteiger partial charge in [0.25, 0.3) is 11.6 Å². The first-order valence-electron chi connectivity index (χ1n) is 8.93. The number of benzene rings is 2. The predicted molar refractivity (Wildman–Crippen MR) is 105 cm³/mol. The molecule has 1 aliphatic rings. The van der Waals surface area contributed by atoms with Crippen LogP contribution in [0.3, 0.4) is 0 Å². The zero-order valence-corrected chi connectivity index (χ0v) is 15.7. The molecule has 1 aliphatic heterocycles. The molecule has 0 saturated carbocycles. The van der Waals surface area contributed by atoms with Gasteiger partial charge in [0.2, 0.25) is 0 Å². The van der Waals surface area contributed by atoms with Crippen molar-refractivity contribution in [1.82, 2.24) is 9.88 Å². The van der Waals surface area contributed by atoms with E-state index in [1.54, 1.807) is 41.4 Å². The van der Waals surface area contributed by atoms with Crippen LogP contribution in [-0.2, 0) is 0 Å². The largest absolute Gasteiger partial charge is 0.338 e. The number of hydrogen-bond acceptors (Lipinski definition) is 5. The molecule has 1 saturated heterocycles. The van der Waals surface area contributed by atoms with Crippen LogP contribution < -0.4 is 0 Å². The molecular formula is C20H19N3O3S. The Labute approximate surface area is 160 Å². The summed E-state index contributed by atoms with van der Waals surface area (Å²) in [6.45, 7) is 2.84. The molecule has 1 aromatic heterocycles. The molecule has 3 aromatic rings. The maximum Gasteiger partial charge on any atom is 0.285 e. The second-order valence-electron chi connectivity index (χ2n) is 6.81. The number of amides is 1. The van der Waals surface area contributed by atoms with Crippen LogP contribution >= 0.6 is 11.3 Å². The summed E-state index contributed by atoms with van der Waals surface area (Å²) in [5.74, 6) is 0.0760. The topological polar surface area (TPSA) is 76.3 Å². The van der Waals surface area contributed by atoms with Crippen LogP contribution in [0.25, 0.3) is 10.2 Å². The first-order valence-corrected chi connectivity index (χ1v) is 9.75. The summed E-state index contributed by atoms with van der Waals surface area (Å²) in [5.41, 5.74) is 1.62. The van der Waals surface area contributed by atoms with Crippen LogP contribution in [0.2, 0.25) is 0 Å². The van der Waals surface area contributed by atoms with E-state index in [-0.39, 0.29) is 17.2 Å². The lowest BCUT2D eigenvalue weighted by molar-refractivity contribution is -0.385. The van der Waals surface area contributed by atoms with Crippen LogP contribution in [0, 0.1) is 17.0 Å². The summed E-state index contributed by atoms with van der Waals surface area (Å²) in [6.07, 6.45) is 1.65. The number of thiazole rings is 1. The van der Waals surface area contributed by atoms with Gasteiger partial charge in [-0.25, -0.2) is 4.98 Å². The molecule has 0 aliphatic carbocycles. The molecule has 0 spiro atoms. The minimum atomic E-state index is -0.462. The standard InChI is InChI=1S/C20H19N3O3S/c1-13-5-4-6-15(18(13)23(25)26)20(24)22-11-9-14(10-12-22)19-21-16-7-2-3-8-17(16)27-19/h2-8,14H,9-12H2,1H3. The Morgan fingerprint density at radius 1 is 1.19 bits per heavy atom. The van der Waals surface area contributed by atoms with Crippen molar-refractivity contribution in [2.24, 2.45) is 0 Å². The minimum Gasteiger partial charge on any atom is -0.338 e. The predicted octanol–water partition coefficient (Wildman–Crippen LogP) is 4.53. The number of likely N-dealkylation sites (tertiary alicyclic amines) is 1. The maximum atomic E-state index is 12.9. The van der Waals surface area contributed by atoms with Crippen LogP contribution in [-0.4, -0.2) is 33.8 Å². The van der Waals surface area contributed by atoms with E-state index in [4.69, 9.17) is 4.98 Å². The van der Waals surface area contributed by atoms with Gasteiger partial charge in [0, 0.05) is 24.6 Å². The molecule has 1 amide bonds. The molecule has 7 heteroatoms. The number of aryl methyl sites for hydroxylation is 1. The van der Waals surface area contributed by atoms with Gasteiger partial charge in [0.15, 0.2) is 0 Å². The Hall–Kier alpha value is -2.80. The molecule has 0 radical (unpaired) electrons. The highest BCUT2D eigenvalue weighted by Crippen LogP contribution is 2.34. The molecule has 0 unspecified atom stereocenters. The van der Waals surface area contributed by atoms with Gasteiger partial charge >= 0.3 is 0 Å². The fraction of sp³-hybridized carbons (Fsp3) is 0.300. The summed E-state index contributed by atoms with van der Waals surface area (Å²) in [7, 11) is 0. The SMILES string of the molecule is Cc1cccc(C(=O)N2CCC(c3nc4ccccc4s3)CC2)c1[N+](=O)[O-]. The van der Waals surface area contributed by atoms with Crippen LogP contribution in [0.5, 0.6) is 0 Å². The highest BCUT2D eigenvalue weighted by atomic mass is 32.1. The van der Waals surface area contributed by atoms with Gasteiger partial charge in [-0.2, -0.15) is 0 Å². The molecule has 6 nitrogen and oxygen atoms in total. The van der Waals surface area contributed by atoms with Crippen molar-refractivity contribution in [3.63, 3.8) is 0 Å². The Morgan fingerprint density at radius 2 is 1.93 bits per heavy atom. The summed E-state index contributed by atoms with van der Waals surface area (Å²) < 4.78 is 1.18. The number of carbonyl (C=O) groups is 1. The fourth-order valence-electron chi connectivity index (χ4n) is 3.64. The van der Waals surface area contributed by atoms with E-state index in [9.17, 15) is 14.9 Å². The van der Waals surface area contributed by atoms with Crippen molar-refractivity contribution in [1.29, 1.82) is 0 Å². The van der Waals surface area contributed by atoms with Gasteiger partial charge in [-0.3, -0.25) is 14.9 Å². The number of fused-ring (bicyclic) bond motifs is 1. The van der Waals surface area contributed by atoms with Crippen molar-refractivity contribution in [3.05, 3.63) is 68.7 Å². The number of nitrogens with zero attached hydrogens (tertiary/aromatic N) is 3. The highest BCUT2D eigenvalue weighted by molar-refractivity contribution is 7.18. The van der Waals surface area contributed by atoms with Gasteiger partial charge < -0.3 is 4.90 Å². The molecule has 2 aromatic carbocycles. The molecule has 4 rings (SSSR count). The molecule has 138 valence electrons. The lowest BCUT2D eigenvalue weighted by atomic mass is 9.96. The Kier molecular flexibility index (Phi) is 4.61. The van der Waals surface area contributed by atoms with Crippen molar-refractivity contribution in [2.75, 3.05) is 13.1 Å². The van der Waals surface area contributed by atoms with Gasteiger partial charge in [-0.05, 0) is 38.0 Å². The Morgan fingerprint density at radius 3 is 2.63 bits per heavy atom. The zero-order chi connectivity index (χ0) is 19.0. The lowest BCUT2D eigenvalue weighted by Gasteiger charge is -2.31. The normalized spacial score (nSPS) is 15.2. The summed E-state index contributed by atoms with van der Waals surface area (Å²) in [5, 5.41) is 12.5. The summed E-state index contributed by atoms with van der Waals surface area (Å²) in [6, 6.07) is 13.0. The molecule has 0 atom stereocenters. The monoisotopic (exact) mass is 381 g/mol. The van der Waals surface area contributed by atoms with E-state index in [2.05, 4.69) is 6.07 Å². The molecule has 2 heterocycles. The fourth-order valence-corrected chi connectivity index (χ4v) is 4.77. The number of carbonyl (C=O) groups excluding carboxylic acids is 1. The third-order valence-electron chi connectivity index (χ3n) is 5.09. The molecule has 1 fully saturated rings. The third-order valence-corrected chi connectivity index (χ3v) is 6.29. The average molecular weight is 381 g/mol. The van der Waals surface area contributed by atoms with Gasteiger partial charge in [-0.1, -0.05) is 24.3 Å². The van der Waals surface area contributed by atoms with E-state index >= 15 is 0 Å². The van der Waals surface area contributed by atoms with E-state index < -0.39 is 4.92 Å². The first kappa shape index (κ1) is 17.6. The number of piperidine rings is 1. The van der Waals surface area contributed by atoms with Gasteiger partial charge in [0.1, 0.15) is 5.56 Å². The van der Waals surface area contributed by atoms with Crippen molar-refractivity contribution < 1.29 is 9.72 Å². The first-order chi connectivity index (χ1) is 13.0. The zero-order valence-electron chi connectivity index (χ0n) is 14.9. The summed E-state index contributed by atoms with van der Waals surface area (Å²) >= 11 is 1.71. The van der Waals surface area contributed by atoms with E-state index in [0.717, 1.165) is 23.4 Å². The smallest absolute Gasteiger partial charge is 0.285 e. The minimum absolute atomic E-state index is 0.0872.